The topological polar surface area (TPSA) is 77.8 Å². The van der Waals surface area contributed by atoms with Crippen LogP contribution in [0.1, 0.15) is 13.8 Å². The summed E-state index contributed by atoms with van der Waals surface area (Å²) in [4.78, 5) is 26.5. The molecule has 27 heavy (non-hydrogen) atoms. The number of piperazine rings is 3. The van der Waals surface area contributed by atoms with Crippen molar-refractivity contribution in [2.75, 3.05) is 58.6 Å². The van der Waals surface area contributed by atoms with Gasteiger partial charge < -0.3 is 24.1 Å². The van der Waals surface area contributed by atoms with Gasteiger partial charge in [0.2, 0.25) is 5.91 Å². The fraction of sp³-hybridized carbons (Fsp3) is 0.789. The van der Waals surface area contributed by atoms with Crippen LogP contribution in [0.3, 0.4) is 0 Å². The standard InChI is InChI=1S/C19H30N3O4S/c1-12-15-14(13(2)23)18(24)20(15)16(19(25)26)17(12)27-11-10-22-7-4-21(3,5-8-22)6-9-22/h12-15,23H,4-11H2,1-3H3/q+1/p+1/t12-,13-,14-,15+,21?,22?/m1/s1. The molecule has 2 N–H and O–H groups in total. The van der Waals surface area contributed by atoms with Gasteiger partial charge in [-0.2, -0.15) is 0 Å². The van der Waals surface area contributed by atoms with E-state index in [1.54, 1.807) is 18.7 Å². The first-order valence-electron chi connectivity index (χ1n) is 9.98. The molecule has 5 rings (SSSR count). The minimum atomic E-state index is -1.03. The van der Waals surface area contributed by atoms with Crippen LogP contribution in [0.25, 0.3) is 0 Å². The predicted molar refractivity (Wildman–Crippen MR) is 103 cm³/mol. The van der Waals surface area contributed by atoms with E-state index in [0.29, 0.717) is 0 Å². The molecule has 0 spiro atoms. The van der Waals surface area contributed by atoms with E-state index in [2.05, 4.69) is 7.05 Å². The Morgan fingerprint density at radius 2 is 1.85 bits per heavy atom. The number of carboxylic acids is 1. The number of fused-ring (bicyclic) bond motifs is 4. The van der Waals surface area contributed by atoms with Crippen molar-refractivity contribution in [1.29, 1.82) is 0 Å². The summed E-state index contributed by atoms with van der Waals surface area (Å²) in [6.07, 6.45) is -0.743. The van der Waals surface area contributed by atoms with E-state index in [0.717, 1.165) is 21.7 Å². The molecule has 1 amide bonds. The summed E-state index contributed by atoms with van der Waals surface area (Å²) in [5, 5.41) is 19.6. The van der Waals surface area contributed by atoms with Gasteiger partial charge in [0, 0.05) is 16.6 Å². The number of aliphatic hydroxyl groups is 1. The Balaban J connectivity index is 1.45. The van der Waals surface area contributed by atoms with Crippen LogP contribution in [-0.4, -0.2) is 107 Å². The maximum absolute atomic E-state index is 12.4. The van der Waals surface area contributed by atoms with Gasteiger partial charge in [-0.15, -0.1) is 11.8 Å². The second-order valence-corrected chi connectivity index (χ2v) is 10.3. The highest BCUT2D eigenvalue weighted by molar-refractivity contribution is 8.03. The molecule has 0 saturated carbocycles. The molecule has 2 bridgehead atoms. The molecule has 5 aliphatic heterocycles. The first-order valence-corrected chi connectivity index (χ1v) is 11.0. The van der Waals surface area contributed by atoms with Crippen LogP contribution in [0.4, 0.5) is 0 Å². The lowest BCUT2D eigenvalue weighted by Gasteiger charge is -2.54. The molecule has 0 unspecified atom stereocenters. The second-order valence-electron chi connectivity index (χ2n) is 9.15. The Hall–Kier alpha value is -1.09. The quantitative estimate of drug-likeness (QED) is 0.493. The van der Waals surface area contributed by atoms with Crippen LogP contribution in [0.5, 0.6) is 0 Å². The molecule has 4 saturated heterocycles. The maximum Gasteiger partial charge on any atom is 0.353 e. The highest BCUT2D eigenvalue weighted by atomic mass is 32.2. The molecular weight excluding hydrogens is 366 g/mol. The van der Waals surface area contributed by atoms with Crippen LogP contribution < -0.4 is 0 Å². The Bertz CT molecular complexity index is 683. The third-order valence-electron chi connectivity index (χ3n) is 7.48. The van der Waals surface area contributed by atoms with Crippen LogP contribution in [0.15, 0.2) is 10.6 Å². The number of quaternary nitrogens is 2. The van der Waals surface area contributed by atoms with Crippen molar-refractivity contribution < 1.29 is 28.8 Å². The molecule has 0 aromatic rings. The average molecular weight is 398 g/mol. The number of rotatable bonds is 6. The van der Waals surface area contributed by atoms with Crippen molar-refractivity contribution in [3.05, 3.63) is 10.6 Å². The zero-order valence-corrected chi connectivity index (χ0v) is 17.2. The van der Waals surface area contributed by atoms with E-state index >= 15 is 0 Å². The summed E-state index contributed by atoms with van der Waals surface area (Å²) in [5.74, 6) is -0.898. The number of thioether (sulfide) groups is 1. The summed E-state index contributed by atoms with van der Waals surface area (Å²) < 4.78 is 2.37. The second kappa shape index (κ2) is 6.47. The van der Waals surface area contributed by atoms with E-state index in [1.807, 2.05) is 6.92 Å². The molecule has 0 aromatic heterocycles. The smallest absolute Gasteiger partial charge is 0.353 e. The van der Waals surface area contributed by atoms with Crippen molar-refractivity contribution in [3.8, 4) is 0 Å². The molecular formula is C19H31N3O4S+2. The molecule has 5 aliphatic rings. The lowest BCUT2D eigenvalue weighted by molar-refractivity contribution is -1.07. The zero-order chi connectivity index (χ0) is 19.6. The number of carbonyl (C=O) groups excluding carboxylic acids is 1. The highest BCUT2D eigenvalue weighted by Crippen LogP contribution is 2.50. The number of hydrogen-bond donors (Lipinski definition) is 2. The molecule has 0 radical (unpaired) electrons. The fourth-order valence-corrected chi connectivity index (χ4v) is 6.85. The number of carboxylic acid groups (broad SMARTS) is 1. The predicted octanol–water partition coefficient (Wildman–Crippen LogP) is 0.164. The van der Waals surface area contributed by atoms with Gasteiger partial charge in [-0.05, 0) is 6.92 Å². The summed E-state index contributed by atoms with van der Waals surface area (Å²) >= 11 is 1.62. The Kier molecular flexibility index (Phi) is 4.61. The van der Waals surface area contributed by atoms with Crippen molar-refractivity contribution >= 4 is 23.6 Å². The molecule has 0 aliphatic carbocycles. The van der Waals surface area contributed by atoms with E-state index in [9.17, 15) is 19.8 Å². The third-order valence-corrected chi connectivity index (χ3v) is 8.74. The summed E-state index contributed by atoms with van der Waals surface area (Å²) in [7, 11) is 2.35. The van der Waals surface area contributed by atoms with Gasteiger partial charge in [0.05, 0.1) is 31.7 Å². The van der Waals surface area contributed by atoms with E-state index in [-0.39, 0.29) is 23.6 Å². The van der Waals surface area contributed by atoms with Crippen molar-refractivity contribution in [2.24, 2.45) is 11.8 Å². The Morgan fingerprint density at radius 3 is 2.37 bits per heavy atom. The van der Waals surface area contributed by atoms with E-state index in [1.165, 1.54) is 48.7 Å². The number of carbonyl (C=O) groups is 2. The first-order chi connectivity index (χ1) is 12.7. The van der Waals surface area contributed by atoms with Gasteiger partial charge in [0.15, 0.2) is 0 Å². The SMILES string of the molecule is C[C@@H](O)[C@H]1C(=O)N2C(C(=O)O)=C(SCC[N+]34CC[N+](C)(CC3)CC4)[C@H](C)[C@@H]12. The number of nitrogens with zero attached hydrogens (tertiary/aromatic N) is 3. The Morgan fingerprint density at radius 1 is 1.26 bits per heavy atom. The maximum atomic E-state index is 12.4. The zero-order valence-electron chi connectivity index (χ0n) is 16.4. The van der Waals surface area contributed by atoms with Gasteiger partial charge in [0.25, 0.3) is 0 Å². The molecule has 0 aromatic carbocycles. The third kappa shape index (κ3) is 2.92. The van der Waals surface area contributed by atoms with Crippen LogP contribution in [-0.2, 0) is 9.59 Å². The highest BCUT2D eigenvalue weighted by Gasteiger charge is 2.60. The van der Waals surface area contributed by atoms with Crippen LogP contribution >= 0.6 is 11.8 Å². The van der Waals surface area contributed by atoms with Crippen molar-refractivity contribution in [2.45, 2.75) is 26.0 Å². The summed E-state index contributed by atoms with van der Waals surface area (Å²) in [6.45, 7) is 12.0. The van der Waals surface area contributed by atoms with Gasteiger partial charge >= 0.3 is 5.97 Å². The van der Waals surface area contributed by atoms with E-state index < -0.39 is 18.0 Å². The van der Waals surface area contributed by atoms with E-state index in [4.69, 9.17) is 0 Å². The summed E-state index contributed by atoms with van der Waals surface area (Å²) in [6, 6.07) is -0.207. The number of amides is 1. The molecule has 5 heterocycles. The molecule has 4 atom stereocenters. The summed E-state index contributed by atoms with van der Waals surface area (Å²) in [5.41, 5.74) is 0.154. The number of hydrogen-bond acceptors (Lipinski definition) is 4. The van der Waals surface area contributed by atoms with Gasteiger partial charge in [-0.25, -0.2) is 4.79 Å². The number of aliphatic carboxylic acids is 1. The average Bonchev–Trinajstić information content (AvgIpc) is 2.85. The van der Waals surface area contributed by atoms with Crippen molar-refractivity contribution in [3.63, 3.8) is 0 Å². The lowest BCUT2D eigenvalue weighted by Crippen LogP contribution is -2.73. The van der Waals surface area contributed by atoms with Crippen LogP contribution in [0.2, 0.25) is 0 Å². The molecule has 8 heteroatoms. The van der Waals surface area contributed by atoms with Gasteiger partial charge in [-0.3, -0.25) is 4.79 Å². The number of aliphatic hydroxyl groups excluding tert-OH is 1. The number of β-lactam (4-membered cyclic amide) rings is 1. The minimum Gasteiger partial charge on any atom is -0.477 e. The monoisotopic (exact) mass is 397 g/mol. The Labute approximate surface area is 164 Å². The van der Waals surface area contributed by atoms with Gasteiger partial charge in [-0.1, -0.05) is 6.92 Å². The van der Waals surface area contributed by atoms with Crippen molar-refractivity contribution in [1.82, 2.24) is 4.90 Å². The molecule has 4 fully saturated rings. The van der Waals surface area contributed by atoms with Crippen LogP contribution in [0, 0.1) is 11.8 Å². The lowest BCUT2D eigenvalue weighted by atomic mass is 9.79. The normalized spacial score (nSPS) is 41.6. The fourth-order valence-electron chi connectivity index (χ4n) is 5.43. The largest absolute Gasteiger partial charge is 0.477 e. The molecule has 7 nitrogen and oxygen atoms in total. The molecule has 150 valence electrons. The first kappa shape index (κ1) is 19.2. The minimum absolute atomic E-state index is 0.0268. The number of likely N-dealkylation sites (N-methyl/N-ethyl adjacent to an activating group) is 1. The van der Waals surface area contributed by atoms with Gasteiger partial charge in [0.1, 0.15) is 45.0 Å².